The molecule has 36 heavy (non-hydrogen) atoms. The molecule has 12 heteroatoms. The molecule has 0 saturated heterocycles. The van der Waals surface area contributed by atoms with E-state index >= 15 is 0 Å². The zero-order valence-electron chi connectivity index (χ0n) is 19.5. The van der Waals surface area contributed by atoms with Gasteiger partial charge in [0.1, 0.15) is 36.2 Å². The van der Waals surface area contributed by atoms with Gasteiger partial charge in [-0.15, -0.1) is 0 Å². The van der Waals surface area contributed by atoms with Gasteiger partial charge < -0.3 is 10.4 Å². The van der Waals surface area contributed by atoms with Crippen molar-refractivity contribution in [2.45, 2.75) is 44.9 Å². The number of benzene rings is 2. The number of unbranched alkanes of at least 4 members (excludes halogenated alkanes) is 1. The Morgan fingerprint density at radius 2 is 1.86 bits per heavy atom. The van der Waals surface area contributed by atoms with E-state index in [1.807, 2.05) is 6.92 Å². The molecule has 0 fully saturated rings. The van der Waals surface area contributed by atoms with Gasteiger partial charge in [0.05, 0.1) is 18.8 Å². The normalized spacial score (nSPS) is 12.9. The second kappa shape index (κ2) is 10.6. The molecule has 4 aromatic rings. The van der Waals surface area contributed by atoms with E-state index in [0.717, 1.165) is 29.7 Å². The van der Waals surface area contributed by atoms with Crippen LogP contribution in [0, 0.1) is 11.6 Å². The molecule has 2 heterocycles. The minimum absolute atomic E-state index is 0.0886. The maximum Gasteiger partial charge on any atom is 0.350 e. The van der Waals surface area contributed by atoms with Gasteiger partial charge >= 0.3 is 5.69 Å². The first kappa shape index (κ1) is 24.9. The van der Waals surface area contributed by atoms with E-state index in [-0.39, 0.29) is 18.0 Å². The van der Waals surface area contributed by atoms with Crippen LogP contribution in [-0.4, -0.2) is 40.1 Å². The molecule has 0 aliphatic heterocycles. The highest BCUT2D eigenvalue weighted by Gasteiger charge is 2.35. The third-order valence-corrected chi connectivity index (χ3v) is 5.65. The Kier molecular flexibility index (Phi) is 7.34. The van der Waals surface area contributed by atoms with Gasteiger partial charge in [-0.25, -0.2) is 32.5 Å². The average molecular weight is 498 g/mol. The zero-order chi connectivity index (χ0) is 25.7. The first-order valence-corrected chi connectivity index (χ1v) is 11.3. The topological polar surface area (TPSA) is 120 Å². The molecule has 10 nitrogen and oxygen atoms in total. The smallest absolute Gasteiger partial charge is 0.350 e. The number of carbonyl (C=O) groups is 1. The van der Waals surface area contributed by atoms with Crippen molar-refractivity contribution in [3.63, 3.8) is 0 Å². The summed E-state index contributed by atoms with van der Waals surface area (Å²) >= 11 is 0. The summed E-state index contributed by atoms with van der Waals surface area (Å²) in [7, 11) is 0. The Hall–Kier alpha value is -4.19. The van der Waals surface area contributed by atoms with Crippen molar-refractivity contribution in [1.29, 1.82) is 0 Å². The van der Waals surface area contributed by atoms with E-state index in [2.05, 4.69) is 20.5 Å². The summed E-state index contributed by atoms with van der Waals surface area (Å²) in [5.41, 5.74) is -1.74. The Balaban J connectivity index is 1.59. The van der Waals surface area contributed by atoms with Crippen molar-refractivity contribution in [3.05, 3.63) is 89.1 Å². The van der Waals surface area contributed by atoms with E-state index in [9.17, 15) is 23.5 Å². The summed E-state index contributed by atoms with van der Waals surface area (Å²) < 4.78 is 31.7. The molecule has 0 bridgehead atoms. The maximum atomic E-state index is 14.7. The van der Waals surface area contributed by atoms with Crippen LogP contribution in [-0.2, 0) is 23.5 Å². The molecule has 0 spiro atoms. The first-order chi connectivity index (χ1) is 17.3. The van der Waals surface area contributed by atoms with Gasteiger partial charge in [0, 0.05) is 23.7 Å². The van der Waals surface area contributed by atoms with Crippen LogP contribution in [0.5, 0.6) is 0 Å². The van der Waals surface area contributed by atoms with Crippen molar-refractivity contribution in [2.24, 2.45) is 0 Å². The summed E-state index contributed by atoms with van der Waals surface area (Å²) in [6, 6.07) is 9.42. The maximum absolute atomic E-state index is 14.7. The monoisotopic (exact) mass is 497 g/mol. The number of hydrogen-bond acceptors (Lipinski definition) is 6. The number of aromatic nitrogens is 6. The second-order valence-electron chi connectivity index (χ2n) is 8.39. The van der Waals surface area contributed by atoms with Gasteiger partial charge in [0.2, 0.25) is 5.91 Å². The third kappa shape index (κ3) is 5.54. The van der Waals surface area contributed by atoms with Crippen molar-refractivity contribution >= 4 is 11.6 Å². The molecule has 0 saturated carbocycles. The fourth-order valence-electron chi connectivity index (χ4n) is 3.81. The highest BCUT2D eigenvalue weighted by atomic mass is 19.1. The third-order valence-electron chi connectivity index (χ3n) is 5.65. The molecule has 2 aromatic carbocycles. The lowest BCUT2D eigenvalue weighted by molar-refractivity contribution is -0.116. The standard InChI is InChI=1S/C24H25F2N7O3/c1-2-3-4-22(34)30-18-6-8-19(9-7-18)32-16-29-33(23(32)35)13-24(36,12-31-15-27-14-28-31)20-10-5-17(25)11-21(20)26/h5-11,14-16,36H,2-4,12-13H2,1H3,(H,30,34). The molecule has 0 aliphatic carbocycles. The predicted octanol–water partition coefficient (Wildman–Crippen LogP) is 2.62. The van der Waals surface area contributed by atoms with Crippen LogP contribution >= 0.6 is 0 Å². The number of nitrogens with zero attached hydrogens (tertiary/aromatic N) is 6. The quantitative estimate of drug-likeness (QED) is 0.348. The van der Waals surface area contributed by atoms with Gasteiger partial charge in [-0.2, -0.15) is 10.2 Å². The van der Waals surface area contributed by atoms with Crippen LogP contribution in [0.1, 0.15) is 31.7 Å². The minimum atomic E-state index is -2.00. The molecule has 0 aliphatic rings. The van der Waals surface area contributed by atoms with Crippen LogP contribution in [0.3, 0.4) is 0 Å². The number of carbonyl (C=O) groups excluding carboxylic acids is 1. The number of nitrogens with one attached hydrogen (secondary N) is 1. The van der Waals surface area contributed by atoms with E-state index in [4.69, 9.17) is 0 Å². The van der Waals surface area contributed by atoms with Crippen molar-refractivity contribution in [3.8, 4) is 5.69 Å². The molecule has 0 radical (unpaired) electrons. The molecule has 1 atom stereocenters. The lowest BCUT2D eigenvalue weighted by Gasteiger charge is -2.28. The fraction of sp³-hybridized carbons (Fsp3) is 0.292. The summed E-state index contributed by atoms with van der Waals surface area (Å²) in [6.07, 6.45) is 5.99. The number of rotatable bonds is 10. The SMILES string of the molecule is CCCCC(=O)Nc1ccc(-n2cnn(CC(O)(Cn3cncn3)c3ccc(F)cc3F)c2=O)cc1. The predicted molar refractivity (Wildman–Crippen MR) is 126 cm³/mol. The minimum Gasteiger partial charge on any atom is -0.381 e. The number of aliphatic hydroxyl groups is 1. The van der Waals surface area contributed by atoms with Gasteiger partial charge in [-0.1, -0.05) is 19.4 Å². The summed E-state index contributed by atoms with van der Waals surface area (Å²) in [5, 5.41) is 22.3. The number of amides is 1. The van der Waals surface area contributed by atoms with Gasteiger partial charge in [-0.05, 0) is 36.8 Å². The lowest BCUT2D eigenvalue weighted by atomic mass is 9.93. The van der Waals surface area contributed by atoms with Gasteiger partial charge in [0.25, 0.3) is 0 Å². The number of halogens is 2. The van der Waals surface area contributed by atoms with Crippen LogP contribution in [0.4, 0.5) is 14.5 Å². The van der Waals surface area contributed by atoms with Crippen LogP contribution in [0.15, 0.2) is 66.2 Å². The Morgan fingerprint density at radius 1 is 1.08 bits per heavy atom. The highest BCUT2D eigenvalue weighted by Crippen LogP contribution is 2.28. The molecule has 2 N–H and O–H groups in total. The number of anilines is 1. The molecule has 4 rings (SSSR count). The second-order valence-corrected chi connectivity index (χ2v) is 8.39. The van der Waals surface area contributed by atoms with Crippen molar-refractivity contribution < 1.29 is 18.7 Å². The molecule has 2 aromatic heterocycles. The van der Waals surface area contributed by atoms with E-state index in [1.54, 1.807) is 24.3 Å². The van der Waals surface area contributed by atoms with Crippen LogP contribution < -0.4 is 11.0 Å². The highest BCUT2D eigenvalue weighted by molar-refractivity contribution is 5.90. The Bertz CT molecular complexity index is 1380. The van der Waals surface area contributed by atoms with Crippen LogP contribution in [0.2, 0.25) is 0 Å². The van der Waals surface area contributed by atoms with Crippen LogP contribution in [0.25, 0.3) is 5.69 Å². The average Bonchev–Trinajstić information content (AvgIpc) is 3.48. The molecule has 1 amide bonds. The fourth-order valence-corrected chi connectivity index (χ4v) is 3.81. The molecule has 1 unspecified atom stereocenters. The summed E-state index contributed by atoms with van der Waals surface area (Å²) in [4.78, 5) is 28.8. The van der Waals surface area contributed by atoms with E-state index in [0.29, 0.717) is 23.9 Å². The number of hydrogen-bond donors (Lipinski definition) is 2. The largest absolute Gasteiger partial charge is 0.381 e. The molecular weight excluding hydrogens is 472 g/mol. The van der Waals surface area contributed by atoms with E-state index < -0.39 is 29.5 Å². The Morgan fingerprint density at radius 3 is 2.53 bits per heavy atom. The lowest BCUT2D eigenvalue weighted by Crippen LogP contribution is -2.41. The molecular formula is C24H25F2N7O3. The summed E-state index contributed by atoms with van der Waals surface area (Å²) in [5.74, 6) is -1.86. The van der Waals surface area contributed by atoms with Gasteiger partial charge in [-0.3, -0.25) is 4.79 Å². The van der Waals surface area contributed by atoms with E-state index in [1.165, 1.54) is 28.2 Å². The van der Waals surface area contributed by atoms with Crippen molar-refractivity contribution in [2.75, 3.05) is 5.32 Å². The zero-order valence-corrected chi connectivity index (χ0v) is 19.5. The Labute approximate surface area is 204 Å². The first-order valence-electron chi connectivity index (χ1n) is 11.3. The van der Waals surface area contributed by atoms with Gasteiger partial charge in [0.15, 0.2) is 0 Å². The summed E-state index contributed by atoms with van der Waals surface area (Å²) in [6.45, 7) is 1.31. The molecule has 188 valence electrons. The van der Waals surface area contributed by atoms with Crippen molar-refractivity contribution in [1.82, 2.24) is 29.1 Å².